The van der Waals surface area contributed by atoms with Gasteiger partial charge in [0.1, 0.15) is 5.82 Å². The highest BCUT2D eigenvalue weighted by molar-refractivity contribution is 7.89. The zero-order valence-corrected chi connectivity index (χ0v) is 11.5. The van der Waals surface area contributed by atoms with Gasteiger partial charge in [0.25, 0.3) is 0 Å². The molecule has 0 aliphatic heterocycles. The summed E-state index contributed by atoms with van der Waals surface area (Å²) in [6.07, 6.45) is -0.236. The van der Waals surface area contributed by atoms with Crippen LogP contribution in [-0.2, 0) is 10.0 Å². The molecule has 4 nitrogen and oxygen atoms in total. The molecule has 0 saturated heterocycles. The fraction of sp³-hybridized carbons (Fsp3) is 0.500. The van der Waals surface area contributed by atoms with Crippen molar-refractivity contribution in [3.63, 3.8) is 0 Å². The molecule has 6 heteroatoms. The predicted octanol–water partition coefficient (Wildman–Crippen LogP) is 1.53. The molecule has 0 aliphatic rings. The number of benzene rings is 1. The summed E-state index contributed by atoms with van der Waals surface area (Å²) in [4.78, 5) is -0.0319. The minimum Gasteiger partial charge on any atom is -0.393 e. The molecule has 102 valence electrons. The Bertz CT molecular complexity index is 514. The molecule has 0 fully saturated rings. The number of nitrogens with zero attached hydrogens (tertiary/aromatic N) is 1. The van der Waals surface area contributed by atoms with Crippen LogP contribution in [0.4, 0.5) is 4.39 Å². The summed E-state index contributed by atoms with van der Waals surface area (Å²) >= 11 is 0. The minimum absolute atomic E-state index is 0.0319. The average molecular weight is 275 g/mol. The second-order valence-corrected chi connectivity index (χ2v) is 6.34. The maximum Gasteiger partial charge on any atom is 0.243 e. The summed E-state index contributed by atoms with van der Waals surface area (Å²) in [5, 5.41) is 9.15. The highest BCUT2D eigenvalue weighted by atomic mass is 32.2. The van der Waals surface area contributed by atoms with E-state index in [0.717, 1.165) is 4.31 Å². The molecular formula is C12H18FNO3S. The van der Waals surface area contributed by atoms with Crippen LogP contribution in [0.5, 0.6) is 0 Å². The van der Waals surface area contributed by atoms with Gasteiger partial charge in [-0.2, -0.15) is 0 Å². The van der Waals surface area contributed by atoms with Crippen molar-refractivity contribution in [2.45, 2.75) is 31.3 Å². The summed E-state index contributed by atoms with van der Waals surface area (Å²) < 4.78 is 38.9. The van der Waals surface area contributed by atoms with Crippen molar-refractivity contribution in [2.24, 2.45) is 0 Å². The second kappa shape index (κ2) is 5.77. The Morgan fingerprint density at radius 2 is 2.06 bits per heavy atom. The van der Waals surface area contributed by atoms with E-state index in [-0.39, 0.29) is 17.0 Å². The lowest BCUT2D eigenvalue weighted by Crippen LogP contribution is -2.30. The highest BCUT2D eigenvalue weighted by Crippen LogP contribution is 2.21. The third-order valence-electron chi connectivity index (χ3n) is 2.77. The van der Waals surface area contributed by atoms with Crippen LogP contribution in [0.25, 0.3) is 0 Å². The summed E-state index contributed by atoms with van der Waals surface area (Å²) in [6.45, 7) is 3.22. The van der Waals surface area contributed by atoms with E-state index in [1.54, 1.807) is 6.92 Å². The molecule has 0 heterocycles. The van der Waals surface area contributed by atoms with E-state index in [1.165, 1.54) is 32.2 Å². The van der Waals surface area contributed by atoms with E-state index < -0.39 is 21.9 Å². The first kappa shape index (κ1) is 15.1. The number of rotatable bonds is 5. The topological polar surface area (TPSA) is 57.6 Å². The minimum atomic E-state index is -3.71. The van der Waals surface area contributed by atoms with Crippen LogP contribution in [0.1, 0.15) is 18.9 Å². The van der Waals surface area contributed by atoms with Crippen molar-refractivity contribution in [3.05, 3.63) is 29.6 Å². The fourth-order valence-electron chi connectivity index (χ4n) is 1.52. The SMILES string of the molecule is Cc1c(F)cccc1S(=O)(=O)N(C)CCC(C)O. The van der Waals surface area contributed by atoms with Crippen molar-refractivity contribution in [2.75, 3.05) is 13.6 Å². The van der Waals surface area contributed by atoms with Crippen molar-refractivity contribution in [1.29, 1.82) is 0 Å². The molecule has 0 amide bonds. The average Bonchev–Trinajstić information content (AvgIpc) is 2.29. The van der Waals surface area contributed by atoms with E-state index in [9.17, 15) is 12.8 Å². The van der Waals surface area contributed by atoms with Gasteiger partial charge in [0.2, 0.25) is 10.0 Å². The van der Waals surface area contributed by atoms with Crippen LogP contribution in [-0.4, -0.2) is 37.5 Å². The molecule has 18 heavy (non-hydrogen) atoms. The molecule has 0 bridgehead atoms. The van der Waals surface area contributed by atoms with E-state index in [1.807, 2.05) is 0 Å². The van der Waals surface area contributed by atoms with Gasteiger partial charge < -0.3 is 5.11 Å². The molecule has 1 N–H and O–H groups in total. The smallest absolute Gasteiger partial charge is 0.243 e. The van der Waals surface area contributed by atoms with E-state index in [0.29, 0.717) is 6.42 Å². The van der Waals surface area contributed by atoms with Crippen LogP contribution in [0.15, 0.2) is 23.1 Å². The van der Waals surface area contributed by atoms with Crippen molar-refractivity contribution in [1.82, 2.24) is 4.31 Å². The number of halogens is 1. The van der Waals surface area contributed by atoms with Gasteiger partial charge in [-0.25, -0.2) is 17.1 Å². The molecule has 0 aliphatic carbocycles. The van der Waals surface area contributed by atoms with Gasteiger partial charge in [-0.3, -0.25) is 0 Å². The Labute approximate surface area is 107 Å². The Hall–Kier alpha value is -0.980. The van der Waals surface area contributed by atoms with Crippen LogP contribution in [0.3, 0.4) is 0 Å². The molecule has 0 spiro atoms. The standard InChI is InChI=1S/C12H18FNO3S/c1-9(15)7-8-14(3)18(16,17)12-6-4-5-11(13)10(12)2/h4-6,9,15H,7-8H2,1-3H3. The Balaban J connectivity index is 3.02. The Morgan fingerprint density at radius 3 is 2.61 bits per heavy atom. The number of hydrogen-bond donors (Lipinski definition) is 1. The largest absolute Gasteiger partial charge is 0.393 e. The summed E-state index contributed by atoms with van der Waals surface area (Å²) in [5.74, 6) is -0.542. The van der Waals surface area contributed by atoms with E-state index >= 15 is 0 Å². The molecule has 1 aromatic carbocycles. The van der Waals surface area contributed by atoms with Gasteiger partial charge in [0, 0.05) is 19.2 Å². The first-order valence-electron chi connectivity index (χ1n) is 5.66. The molecule has 0 radical (unpaired) electrons. The molecule has 1 unspecified atom stereocenters. The van der Waals surface area contributed by atoms with Gasteiger partial charge in [-0.1, -0.05) is 6.07 Å². The number of hydrogen-bond acceptors (Lipinski definition) is 3. The maximum atomic E-state index is 13.4. The van der Waals surface area contributed by atoms with Crippen LogP contribution in [0.2, 0.25) is 0 Å². The number of aliphatic hydroxyl groups excluding tert-OH is 1. The van der Waals surface area contributed by atoms with E-state index in [4.69, 9.17) is 5.11 Å². The van der Waals surface area contributed by atoms with Crippen molar-refractivity contribution in [3.8, 4) is 0 Å². The normalized spacial score (nSPS) is 13.9. The molecule has 0 aromatic heterocycles. The molecule has 1 aromatic rings. The summed E-state index contributed by atoms with van der Waals surface area (Å²) in [5.41, 5.74) is 0.112. The summed E-state index contributed by atoms with van der Waals surface area (Å²) in [7, 11) is -2.29. The number of aliphatic hydroxyl groups is 1. The van der Waals surface area contributed by atoms with Crippen LogP contribution >= 0.6 is 0 Å². The lowest BCUT2D eigenvalue weighted by molar-refractivity contribution is 0.177. The fourth-order valence-corrected chi connectivity index (χ4v) is 2.94. The Kier molecular flexibility index (Phi) is 4.84. The van der Waals surface area contributed by atoms with Crippen molar-refractivity contribution >= 4 is 10.0 Å². The lowest BCUT2D eigenvalue weighted by atomic mass is 10.2. The summed E-state index contributed by atoms with van der Waals surface area (Å²) in [6, 6.07) is 3.98. The highest BCUT2D eigenvalue weighted by Gasteiger charge is 2.23. The maximum absolute atomic E-state index is 13.4. The monoisotopic (exact) mass is 275 g/mol. The molecular weight excluding hydrogens is 257 g/mol. The van der Waals surface area contributed by atoms with Gasteiger partial charge in [-0.05, 0) is 32.4 Å². The number of sulfonamides is 1. The predicted molar refractivity (Wildman–Crippen MR) is 67.3 cm³/mol. The first-order chi connectivity index (χ1) is 8.26. The second-order valence-electron chi connectivity index (χ2n) is 4.33. The Morgan fingerprint density at radius 1 is 1.44 bits per heavy atom. The van der Waals surface area contributed by atoms with Gasteiger partial charge >= 0.3 is 0 Å². The third-order valence-corrected chi connectivity index (χ3v) is 4.77. The van der Waals surface area contributed by atoms with Crippen LogP contribution in [0, 0.1) is 12.7 Å². The van der Waals surface area contributed by atoms with Gasteiger partial charge in [0.05, 0.1) is 11.0 Å². The third kappa shape index (κ3) is 3.28. The molecule has 0 saturated carbocycles. The molecule has 1 atom stereocenters. The zero-order chi connectivity index (χ0) is 13.9. The van der Waals surface area contributed by atoms with Gasteiger partial charge in [0.15, 0.2) is 0 Å². The zero-order valence-electron chi connectivity index (χ0n) is 10.7. The van der Waals surface area contributed by atoms with Gasteiger partial charge in [-0.15, -0.1) is 0 Å². The lowest BCUT2D eigenvalue weighted by Gasteiger charge is -2.19. The quantitative estimate of drug-likeness (QED) is 0.886. The van der Waals surface area contributed by atoms with Crippen molar-refractivity contribution < 1.29 is 17.9 Å². The van der Waals surface area contributed by atoms with Crippen LogP contribution < -0.4 is 0 Å². The van der Waals surface area contributed by atoms with E-state index in [2.05, 4.69) is 0 Å². The molecule has 1 rings (SSSR count). The first-order valence-corrected chi connectivity index (χ1v) is 7.10.